The van der Waals surface area contributed by atoms with Crippen LogP contribution >= 0.6 is 0 Å². The van der Waals surface area contributed by atoms with E-state index in [9.17, 15) is 4.79 Å². The number of aryl methyl sites for hydroxylation is 1. The van der Waals surface area contributed by atoms with Gasteiger partial charge in [-0.2, -0.15) is 0 Å². The van der Waals surface area contributed by atoms with Crippen LogP contribution in [0.3, 0.4) is 0 Å². The van der Waals surface area contributed by atoms with Crippen LogP contribution in [-0.4, -0.2) is 39.9 Å². The molecule has 1 saturated heterocycles. The van der Waals surface area contributed by atoms with Crippen LogP contribution in [0.2, 0.25) is 0 Å². The van der Waals surface area contributed by atoms with Gasteiger partial charge in [-0.15, -0.1) is 0 Å². The van der Waals surface area contributed by atoms with Crippen LogP contribution in [0.5, 0.6) is 0 Å². The van der Waals surface area contributed by atoms with Crippen molar-refractivity contribution in [1.82, 2.24) is 14.4 Å². The molecule has 2 aliphatic rings. The Labute approximate surface area is 184 Å². The third-order valence-electron chi connectivity index (χ3n) is 6.83. The number of benzene rings is 1. The van der Waals surface area contributed by atoms with Crippen LogP contribution in [-0.2, 0) is 13.1 Å². The van der Waals surface area contributed by atoms with Gasteiger partial charge in [0.2, 0.25) is 0 Å². The van der Waals surface area contributed by atoms with E-state index in [0.717, 1.165) is 44.8 Å². The highest BCUT2D eigenvalue weighted by Gasteiger charge is 2.30. The number of rotatable bonds is 4. The maximum Gasteiger partial charge on any atom is 0.289 e. The molecular formula is C26H31N3O2. The molecule has 0 radical (unpaired) electrons. The molecule has 4 heterocycles. The first kappa shape index (κ1) is 20.1. The fourth-order valence-corrected chi connectivity index (χ4v) is 4.88. The number of likely N-dealkylation sites (tertiary alicyclic amines) is 1. The zero-order valence-electron chi connectivity index (χ0n) is 18.5. The number of piperidine rings is 1. The van der Waals surface area contributed by atoms with Crippen molar-refractivity contribution in [2.75, 3.05) is 19.6 Å². The third-order valence-corrected chi connectivity index (χ3v) is 6.83. The van der Waals surface area contributed by atoms with Gasteiger partial charge in [-0.3, -0.25) is 9.69 Å². The lowest BCUT2D eigenvalue weighted by atomic mass is 9.99. The molecule has 5 rings (SSSR count). The van der Waals surface area contributed by atoms with Gasteiger partial charge in [0, 0.05) is 38.1 Å². The molecule has 0 saturated carbocycles. The van der Waals surface area contributed by atoms with Gasteiger partial charge in [-0.1, -0.05) is 36.8 Å². The predicted molar refractivity (Wildman–Crippen MR) is 121 cm³/mol. The van der Waals surface area contributed by atoms with Crippen LogP contribution in [0.4, 0.5) is 0 Å². The van der Waals surface area contributed by atoms with Crippen LogP contribution < -0.4 is 0 Å². The van der Waals surface area contributed by atoms with E-state index in [2.05, 4.69) is 65.9 Å². The summed E-state index contributed by atoms with van der Waals surface area (Å²) in [7, 11) is 0. The summed E-state index contributed by atoms with van der Waals surface area (Å²) in [4.78, 5) is 17.3. The quantitative estimate of drug-likeness (QED) is 0.608. The molecule has 1 aromatic carbocycles. The Hall–Kier alpha value is -2.79. The summed E-state index contributed by atoms with van der Waals surface area (Å²) in [5.41, 5.74) is 3.86. The third kappa shape index (κ3) is 4.07. The molecule has 5 heteroatoms. The average Bonchev–Trinajstić information content (AvgIpc) is 3.44. The van der Waals surface area contributed by atoms with Gasteiger partial charge in [0.25, 0.3) is 5.91 Å². The smallest absolute Gasteiger partial charge is 0.289 e. The van der Waals surface area contributed by atoms with Gasteiger partial charge in [-0.25, -0.2) is 0 Å². The topological polar surface area (TPSA) is 41.6 Å². The van der Waals surface area contributed by atoms with Crippen molar-refractivity contribution in [3.63, 3.8) is 0 Å². The molecule has 0 aliphatic carbocycles. The van der Waals surface area contributed by atoms with E-state index in [1.807, 2.05) is 17.0 Å². The van der Waals surface area contributed by atoms with Crippen LogP contribution in [0.25, 0.3) is 0 Å². The molecule has 2 aliphatic heterocycles. The minimum atomic E-state index is 0.0285. The van der Waals surface area contributed by atoms with Crippen molar-refractivity contribution in [3.8, 4) is 0 Å². The Balaban J connectivity index is 1.35. The molecule has 3 aromatic rings. The summed E-state index contributed by atoms with van der Waals surface area (Å²) in [5.74, 6) is 2.05. The minimum Gasteiger partial charge on any atom is -0.455 e. The summed E-state index contributed by atoms with van der Waals surface area (Å²) in [6.45, 7) is 8.62. The van der Waals surface area contributed by atoms with Gasteiger partial charge in [-0.05, 0) is 55.5 Å². The first-order valence-electron chi connectivity index (χ1n) is 11.4. The molecule has 31 heavy (non-hydrogen) atoms. The molecule has 1 unspecified atom stereocenters. The molecule has 0 bridgehead atoms. The summed E-state index contributed by atoms with van der Waals surface area (Å²) < 4.78 is 8.40. The lowest BCUT2D eigenvalue weighted by Crippen LogP contribution is -2.38. The minimum absolute atomic E-state index is 0.0285. The van der Waals surface area contributed by atoms with E-state index in [1.54, 1.807) is 0 Å². The van der Waals surface area contributed by atoms with Crippen molar-refractivity contribution in [2.24, 2.45) is 5.92 Å². The highest BCUT2D eigenvalue weighted by Crippen LogP contribution is 2.34. The molecule has 0 spiro atoms. The number of hydrogen-bond donors (Lipinski definition) is 0. The van der Waals surface area contributed by atoms with Crippen LogP contribution in [0.15, 0.2) is 59.1 Å². The van der Waals surface area contributed by atoms with Crippen LogP contribution in [0.1, 0.15) is 58.9 Å². The highest BCUT2D eigenvalue weighted by atomic mass is 16.4. The Morgan fingerprint density at radius 1 is 1.00 bits per heavy atom. The Bertz CT molecular complexity index is 1040. The fourth-order valence-electron chi connectivity index (χ4n) is 4.88. The Kier molecular flexibility index (Phi) is 5.45. The number of carbonyl (C=O) groups is 1. The van der Waals surface area contributed by atoms with Crippen molar-refractivity contribution < 1.29 is 9.21 Å². The van der Waals surface area contributed by atoms with E-state index in [1.165, 1.54) is 16.8 Å². The molecule has 1 fully saturated rings. The molecular weight excluding hydrogens is 386 g/mol. The first-order valence-corrected chi connectivity index (χ1v) is 11.4. The van der Waals surface area contributed by atoms with Crippen molar-refractivity contribution in [2.45, 2.75) is 45.8 Å². The Morgan fingerprint density at radius 2 is 1.77 bits per heavy atom. The van der Waals surface area contributed by atoms with E-state index in [-0.39, 0.29) is 11.9 Å². The number of carbonyl (C=O) groups excluding carboxylic acids is 1. The van der Waals surface area contributed by atoms with Gasteiger partial charge >= 0.3 is 0 Å². The van der Waals surface area contributed by atoms with E-state index in [4.69, 9.17) is 4.42 Å². The highest BCUT2D eigenvalue weighted by molar-refractivity contribution is 5.91. The molecule has 2 aromatic heterocycles. The average molecular weight is 418 g/mol. The summed E-state index contributed by atoms with van der Waals surface area (Å²) in [6.07, 6.45) is 4.31. The number of nitrogens with zero attached hydrogens (tertiary/aromatic N) is 3. The number of amides is 1. The fraction of sp³-hybridized carbons (Fsp3) is 0.423. The second kappa shape index (κ2) is 8.39. The van der Waals surface area contributed by atoms with Crippen LogP contribution in [0, 0.1) is 12.8 Å². The molecule has 1 atom stereocenters. The van der Waals surface area contributed by atoms with Gasteiger partial charge in [0.15, 0.2) is 5.76 Å². The van der Waals surface area contributed by atoms with E-state index < -0.39 is 0 Å². The second-order valence-electron chi connectivity index (χ2n) is 9.15. The molecule has 0 N–H and O–H groups in total. The monoisotopic (exact) mass is 417 g/mol. The second-order valence-corrected chi connectivity index (χ2v) is 9.15. The zero-order chi connectivity index (χ0) is 21.4. The largest absolute Gasteiger partial charge is 0.455 e. The number of furan rings is 1. The molecule has 5 nitrogen and oxygen atoms in total. The maximum atomic E-state index is 12.9. The first-order chi connectivity index (χ1) is 15.1. The SMILES string of the molecule is Cc1ccc(C2c3cccn3CCN2Cc2ccc(C(=O)N3CCC(C)CC3)o2)cc1. The van der Waals surface area contributed by atoms with E-state index in [0.29, 0.717) is 18.2 Å². The van der Waals surface area contributed by atoms with E-state index >= 15 is 0 Å². The van der Waals surface area contributed by atoms with Gasteiger partial charge < -0.3 is 13.9 Å². The number of fused-ring (bicyclic) bond motifs is 1. The zero-order valence-corrected chi connectivity index (χ0v) is 18.5. The molecule has 1 amide bonds. The number of hydrogen-bond acceptors (Lipinski definition) is 3. The lowest BCUT2D eigenvalue weighted by Gasteiger charge is -2.37. The summed E-state index contributed by atoms with van der Waals surface area (Å²) in [5, 5.41) is 0. The van der Waals surface area contributed by atoms with Gasteiger partial charge in [0.05, 0.1) is 12.6 Å². The van der Waals surface area contributed by atoms with Crippen molar-refractivity contribution >= 4 is 5.91 Å². The summed E-state index contributed by atoms with van der Waals surface area (Å²) >= 11 is 0. The standard InChI is InChI=1S/C26H31N3O2/c1-19-5-7-21(8-6-19)25-23-4-3-13-27(23)16-17-29(25)18-22-9-10-24(31-22)26(30)28-14-11-20(2)12-15-28/h3-10,13,20,25H,11-12,14-18H2,1-2H3. The summed E-state index contributed by atoms with van der Waals surface area (Å²) in [6, 6.07) is 17.2. The maximum absolute atomic E-state index is 12.9. The Morgan fingerprint density at radius 3 is 2.55 bits per heavy atom. The normalized spacial score (nSPS) is 20.1. The van der Waals surface area contributed by atoms with Crippen molar-refractivity contribution in [3.05, 3.63) is 83.1 Å². The molecule has 162 valence electrons. The lowest BCUT2D eigenvalue weighted by molar-refractivity contribution is 0.0659. The van der Waals surface area contributed by atoms with Gasteiger partial charge in [0.1, 0.15) is 5.76 Å². The predicted octanol–water partition coefficient (Wildman–Crippen LogP) is 4.87. The number of aromatic nitrogens is 1. The van der Waals surface area contributed by atoms with Crippen molar-refractivity contribution in [1.29, 1.82) is 0 Å².